The van der Waals surface area contributed by atoms with Gasteiger partial charge in [-0.3, -0.25) is 0 Å². The van der Waals surface area contributed by atoms with Gasteiger partial charge in [0.15, 0.2) is 0 Å². The van der Waals surface area contributed by atoms with Crippen LogP contribution in [-0.4, -0.2) is 6.61 Å². The maximum Gasteiger partial charge on any atom is 0.343 e. The van der Waals surface area contributed by atoms with E-state index in [2.05, 4.69) is 0 Å². The lowest BCUT2D eigenvalue weighted by Gasteiger charge is -2.04. The van der Waals surface area contributed by atoms with E-state index in [-0.39, 0.29) is 5.63 Å². The Labute approximate surface area is 99.3 Å². The van der Waals surface area contributed by atoms with Gasteiger partial charge in [0.2, 0.25) is 0 Å². The van der Waals surface area contributed by atoms with Crippen LogP contribution in [0.2, 0.25) is 0 Å². The van der Waals surface area contributed by atoms with Crippen LogP contribution in [0.25, 0.3) is 17.0 Å². The predicted octanol–water partition coefficient (Wildman–Crippen LogP) is 3.22. The highest BCUT2D eigenvalue weighted by Crippen LogP contribution is 2.20. The van der Waals surface area contributed by atoms with E-state index in [9.17, 15) is 4.79 Å². The third-order valence-corrected chi connectivity index (χ3v) is 2.39. The lowest BCUT2D eigenvalue weighted by Crippen LogP contribution is -2.02. The van der Waals surface area contributed by atoms with Gasteiger partial charge in [0.25, 0.3) is 0 Å². The molecular weight excluding hydrogens is 216 g/mol. The first kappa shape index (κ1) is 11.5. The molecule has 0 atom stereocenters. The monoisotopic (exact) mass is 230 g/mol. The standard InChI is InChI=1S/C14H14O3/c1-3-5-11-8-10-6-7-12(16-4-2)9-13(10)17-14(11)15/h3,5-9H,4H2,1-2H3. The van der Waals surface area contributed by atoms with Crippen LogP contribution >= 0.6 is 0 Å². The molecule has 0 aliphatic rings. The lowest BCUT2D eigenvalue weighted by molar-refractivity contribution is 0.340. The van der Waals surface area contributed by atoms with Crippen LogP contribution in [0.1, 0.15) is 19.4 Å². The van der Waals surface area contributed by atoms with E-state index in [0.29, 0.717) is 23.5 Å². The SMILES string of the molecule is CC=Cc1cc2ccc(OCC)cc2oc1=O. The summed E-state index contributed by atoms with van der Waals surface area (Å²) in [6.07, 6.45) is 3.55. The summed E-state index contributed by atoms with van der Waals surface area (Å²) in [7, 11) is 0. The van der Waals surface area contributed by atoms with Crippen molar-refractivity contribution in [1.82, 2.24) is 0 Å². The van der Waals surface area contributed by atoms with Crippen LogP contribution in [0.4, 0.5) is 0 Å². The van der Waals surface area contributed by atoms with Crippen molar-refractivity contribution in [3.8, 4) is 5.75 Å². The molecule has 2 rings (SSSR count). The second kappa shape index (κ2) is 4.87. The van der Waals surface area contributed by atoms with Crippen molar-refractivity contribution in [2.75, 3.05) is 6.61 Å². The Balaban J connectivity index is 2.58. The Bertz CT molecular complexity index is 608. The fourth-order valence-electron chi connectivity index (χ4n) is 1.66. The van der Waals surface area contributed by atoms with E-state index in [0.717, 1.165) is 5.39 Å². The number of fused-ring (bicyclic) bond motifs is 1. The zero-order valence-corrected chi connectivity index (χ0v) is 9.90. The number of hydrogen-bond acceptors (Lipinski definition) is 3. The Morgan fingerprint density at radius 2 is 2.18 bits per heavy atom. The number of hydrogen-bond donors (Lipinski definition) is 0. The molecule has 0 fully saturated rings. The summed E-state index contributed by atoms with van der Waals surface area (Å²) in [5.41, 5.74) is 0.780. The van der Waals surface area contributed by atoms with Gasteiger partial charge in [-0.05, 0) is 32.0 Å². The number of rotatable bonds is 3. The highest BCUT2D eigenvalue weighted by Gasteiger charge is 2.03. The number of allylic oxidation sites excluding steroid dienone is 1. The smallest absolute Gasteiger partial charge is 0.343 e. The van der Waals surface area contributed by atoms with Crippen molar-refractivity contribution in [3.63, 3.8) is 0 Å². The predicted molar refractivity (Wildman–Crippen MR) is 68.4 cm³/mol. The molecule has 17 heavy (non-hydrogen) atoms. The molecule has 3 heteroatoms. The number of ether oxygens (including phenoxy) is 1. The van der Waals surface area contributed by atoms with Crippen LogP contribution in [0.5, 0.6) is 5.75 Å². The highest BCUT2D eigenvalue weighted by atomic mass is 16.5. The van der Waals surface area contributed by atoms with Crippen LogP contribution < -0.4 is 10.4 Å². The fourth-order valence-corrected chi connectivity index (χ4v) is 1.66. The van der Waals surface area contributed by atoms with E-state index in [1.807, 2.05) is 38.1 Å². The topological polar surface area (TPSA) is 39.4 Å². The average molecular weight is 230 g/mol. The highest BCUT2D eigenvalue weighted by molar-refractivity contribution is 5.80. The van der Waals surface area contributed by atoms with Gasteiger partial charge in [0.05, 0.1) is 12.2 Å². The fraction of sp³-hybridized carbons (Fsp3) is 0.214. The third-order valence-electron chi connectivity index (χ3n) is 2.39. The summed E-state index contributed by atoms with van der Waals surface area (Å²) in [6.45, 7) is 4.36. The first-order valence-corrected chi connectivity index (χ1v) is 5.58. The summed E-state index contributed by atoms with van der Waals surface area (Å²) in [5, 5.41) is 0.890. The molecule has 88 valence electrons. The minimum absolute atomic E-state index is 0.329. The molecule has 1 aromatic heterocycles. The van der Waals surface area contributed by atoms with Crippen molar-refractivity contribution in [2.24, 2.45) is 0 Å². The van der Waals surface area contributed by atoms with E-state index in [1.54, 1.807) is 12.1 Å². The average Bonchev–Trinajstić information content (AvgIpc) is 2.31. The van der Waals surface area contributed by atoms with Gasteiger partial charge in [-0.2, -0.15) is 0 Å². The second-order valence-corrected chi connectivity index (χ2v) is 3.62. The largest absolute Gasteiger partial charge is 0.494 e. The van der Waals surface area contributed by atoms with E-state index in [4.69, 9.17) is 9.15 Å². The molecule has 0 saturated carbocycles. The molecule has 1 heterocycles. The van der Waals surface area contributed by atoms with Crippen molar-refractivity contribution >= 4 is 17.0 Å². The van der Waals surface area contributed by atoms with Gasteiger partial charge in [-0.15, -0.1) is 0 Å². The molecule has 2 aromatic rings. The van der Waals surface area contributed by atoms with Crippen LogP contribution in [0.15, 0.2) is 39.6 Å². The summed E-state index contributed by atoms with van der Waals surface area (Å²) in [5.74, 6) is 0.710. The zero-order chi connectivity index (χ0) is 12.3. The first-order chi connectivity index (χ1) is 8.24. The van der Waals surface area contributed by atoms with Gasteiger partial charge >= 0.3 is 5.63 Å². The first-order valence-electron chi connectivity index (χ1n) is 5.58. The van der Waals surface area contributed by atoms with Crippen molar-refractivity contribution in [3.05, 3.63) is 46.3 Å². The molecule has 0 amide bonds. The Morgan fingerprint density at radius 3 is 2.88 bits per heavy atom. The van der Waals surface area contributed by atoms with Crippen LogP contribution in [-0.2, 0) is 0 Å². The van der Waals surface area contributed by atoms with Crippen molar-refractivity contribution in [2.45, 2.75) is 13.8 Å². The van der Waals surface area contributed by atoms with E-state index < -0.39 is 0 Å². The zero-order valence-electron chi connectivity index (χ0n) is 9.90. The van der Waals surface area contributed by atoms with Gasteiger partial charge in [0, 0.05) is 11.5 Å². The molecule has 0 unspecified atom stereocenters. The maximum absolute atomic E-state index is 11.6. The van der Waals surface area contributed by atoms with Crippen LogP contribution in [0, 0.1) is 0 Å². The lowest BCUT2D eigenvalue weighted by atomic mass is 10.1. The molecule has 0 saturated heterocycles. The Morgan fingerprint density at radius 1 is 1.35 bits per heavy atom. The minimum Gasteiger partial charge on any atom is -0.494 e. The maximum atomic E-state index is 11.6. The summed E-state index contributed by atoms with van der Waals surface area (Å²) < 4.78 is 10.6. The van der Waals surface area contributed by atoms with Gasteiger partial charge < -0.3 is 9.15 Å². The number of benzene rings is 1. The molecule has 0 bridgehead atoms. The van der Waals surface area contributed by atoms with Gasteiger partial charge in [-0.25, -0.2) is 4.79 Å². The van der Waals surface area contributed by atoms with Crippen molar-refractivity contribution in [1.29, 1.82) is 0 Å². The van der Waals surface area contributed by atoms with E-state index >= 15 is 0 Å². The Hall–Kier alpha value is -2.03. The molecule has 3 nitrogen and oxygen atoms in total. The Kier molecular flexibility index (Phi) is 3.28. The van der Waals surface area contributed by atoms with E-state index in [1.165, 1.54) is 0 Å². The molecular formula is C14H14O3. The van der Waals surface area contributed by atoms with Gasteiger partial charge in [0.1, 0.15) is 11.3 Å². The van der Waals surface area contributed by atoms with Gasteiger partial charge in [-0.1, -0.05) is 12.2 Å². The summed E-state index contributed by atoms with van der Waals surface area (Å²) in [6, 6.07) is 7.30. The molecule has 0 N–H and O–H groups in total. The quantitative estimate of drug-likeness (QED) is 0.760. The molecule has 0 aliphatic carbocycles. The third kappa shape index (κ3) is 2.38. The normalized spacial score (nSPS) is 11.2. The summed E-state index contributed by atoms with van der Waals surface area (Å²) >= 11 is 0. The molecule has 0 aliphatic heterocycles. The molecule has 1 aromatic carbocycles. The molecule has 0 spiro atoms. The van der Waals surface area contributed by atoms with Crippen LogP contribution in [0.3, 0.4) is 0 Å². The van der Waals surface area contributed by atoms with Crippen molar-refractivity contribution < 1.29 is 9.15 Å². The second-order valence-electron chi connectivity index (χ2n) is 3.62. The molecule has 0 radical (unpaired) electrons. The summed E-state index contributed by atoms with van der Waals surface area (Å²) in [4.78, 5) is 11.6. The minimum atomic E-state index is -0.329.